The van der Waals surface area contributed by atoms with Gasteiger partial charge < -0.3 is 10.0 Å². The molecule has 0 saturated carbocycles. The van der Waals surface area contributed by atoms with Crippen molar-refractivity contribution < 1.29 is 5.11 Å². The number of rotatable bonds is 4. The SMILES string of the molecule is CCc1cc(C#N)ccc1N=C1SC[C@H](Cc2ccc(O)cc2)N1C. The lowest BCUT2D eigenvalue weighted by molar-refractivity contribution is 0.411. The van der Waals surface area contributed by atoms with Crippen LogP contribution in [0.1, 0.15) is 23.6 Å². The van der Waals surface area contributed by atoms with Crippen molar-refractivity contribution in [3.8, 4) is 11.8 Å². The largest absolute Gasteiger partial charge is 0.508 e. The summed E-state index contributed by atoms with van der Waals surface area (Å²) in [5.41, 5.74) is 3.94. The van der Waals surface area contributed by atoms with E-state index in [0.29, 0.717) is 17.4 Å². The van der Waals surface area contributed by atoms with Gasteiger partial charge in [-0.2, -0.15) is 5.26 Å². The Morgan fingerprint density at radius 3 is 2.72 bits per heavy atom. The average molecular weight is 351 g/mol. The van der Waals surface area contributed by atoms with Crippen LogP contribution in [0.25, 0.3) is 0 Å². The molecule has 5 heteroatoms. The van der Waals surface area contributed by atoms with Crippen LogP contribution >= 0.6 is 11.8 Å². The van der Waals surface area contributed by atoms with Gasteiger partial charge in [0, 0.05) is 18.8 Å². The minimum atomic E-state index is 0.299. The highest BCUT2D eigenvalue weighted by Gasteiger charge is 2.27. The number of nitriles is 1. The summed E-state index contributed by atoms with van der Waals surface area (Å²) in [6.45, 7) is 2.08. The maximum Gasteiger partial charge on any atom is 0.164 e. The van der Waals surface area contributed by atoms with Gasteiger partial charge in [0.25, 0.3) is 0 Å². The van der Waals surface area contributed by atoms with E-state index in [-0.39, 0.29) is 0 Å². The van der Waals surface area contributed by atoms with E-state index in [0.717, 1.165) is 35.0 Å². The first kappa shape index (κ1) is 17.4. The Hall–Kier alpha value is -2.45. The first-order valence-corrected chi connectivity index (χ1v) is 9.34. The lowest BCUT2D eigenvalue weighted by atomic mass is 10.1. The summed E-state index contributed by atoms with van der Waals surface area (Å²) in [5, 5.41) is 19.5. The summed E-state index contributed by atoms with van der Waals surface area (Å²) in [7, 11) is 2.08. The molecule has 128 valence electrons. The van der Waals surface area contributed by atoms with Crippen molar-refractivity contribution in [1.82, 2.24) is 4.90 Å². The van der Waals surface area contributed by atoms with E-state index in [2.05, 4.69) is 24.9 Å². The highest BCUT2D eigenvalue weighted by atomic mass is 32.2. The maximum absolute atomic E-state index is 9.41. The Kier molecular flexibility index (Phi) is 5.30. The van der Waals surface area contributed by atoms with E-state index in [1.54, 1.807) is 23.9 Å². The fourth-order valence-corrected chi connectivity index (χ4v) is 4.10. The molecule has 0 aromatic heterocycles. The van der Waals surface area contributed by atoms with Crippen LogP contribution in [0.3, 0.4) is 0 Å². The number of phenols is 1. The molecule has 3 rings (SSSR count). The number of benzene rings is 2. The Bertz CT molecular complexity index is 824. The molecule has 1 atom stereocenters. The quantitative estimate of drug-likeness (QED) is 0.901. The van der Waals surface area contributed by atoms with Crippen molar-refractivity contribution in [3.63, 3.8) is 0 Å². The molecule has 0 spiro atoms. The van der Waals surface area contributed by atoms with Crippen LogP contribution in [0.2, 0.25) is 0 Å². The first-order valence-electron chi connectivity index (χ1n) is 8.36. The molecule has 0 unspecified atom stereocenters. The molecule has 1 saturated heterocycles. The molecule has 1 N–H and O–H groups in total. The Balaban J connectivity index is 1.77. The Morgan fingerprint density at radius 2 is 2.04 bits per heavy atom. The van der Waals surface area contributed by atoms with Crippen molar-refractivity contribution in [2.75, 3.05) is 12.8 Å². The summed E-state index contributed by atoms with van der Waals surface area (Å²) in [6, 6.07) is 15.7. The number of aryl methyl sites for hydroxylation is 1. The molecule has 2 aromatic carbocycles. The van der Waals surface area contributed by atoms with Gasteiger partial charge in [0.1, 0.15) is 5.75 Å². The lowest BCUT2D eigenvalue weighted by Gasteiger charge is -2.21. The predicted molar refractivity (Wildman–Crippen MR) is 103 cm³/mol. The van der Waals surface area contributed by atoms with Gasteiger partial charge in [-0.25, -0.2) is 4.99 Å². The molecule has 0 amide bonds. The van der Waals surface area contributed by atoms with Gasteiger partial charge in [0.05, 0.1) is 17.3 Å². The smallest absolute Gasteiger partial charge is 0.164 e. The van der Waals surface area contributed by atoms with Crippen LogP contribution in [-0.2, 0) is 12.8 Å². The normalized spacial score (nSPS) is 18.5. The second-order valence-electron chi connectivity index (χ2n) is 6.15. The van der Waals surface area contributed by atoms with Crippen molar-refractivity contribution >= 4 is 22.6 Å². The zero-order valence-electron chi connectivity index (χ0n) is 14.4. The molecular weight excluding hydrogens is 330 g/mol. The number of phenolic OH excluding ortho intramolecular Hbond substituents is 1. The van der Waals surface area contributed by atoms with Crippen LogP contribution in [0.15, 0.2) is 47.5 Å². The summed E-state index contributed by atoms with van der Waals surface area (Å²) < 4.78 is 0. The molecule has 4 nitrogen and oxygen atoms in total. The molecule has 1 aliphatic rings. The second-order valence-corrected chi connectivity index (χ2v) is 7.14. The van der Waals surface area contributed by atoms with Crippen molar-refractivity contribution in [1.29, 1.82) is 5.26 Å². The summed E-state index contributed by atoms with van der Waals surface area (Å²) >= 11 is 1.77. The molecule has 0 aliphatic carbocycles. The average Bonchev–Trinajstić information content (AvgIpc) is 2.97. The minimum Gasteiger partial charge on any atom is -0.508 e. The van der Waals surface area contributed by atoms with Gasteiger partial charge in [0.15, 0.2) is 5.17 Å². The van der Waals surface area contributed by atoms with Crippen LogP contribution in [0.4, 0.5) is 5.69 Å². The fraction of sp³-hybridized carbons (Fsp3) is 0.300. The third kappa shape index (κ3) is 3.97. The summed E-state index contributed by atoms with van der Waals surface area (Å²) in [4.78, 5) is 7.08. The molecule has 1 fully saturated rings. The van der Waals surface area contributed by atoms with Gasteiger partial charge in [0.2, 0.25) is 0 Å². The Labute approximate surface area is 152 Å². The summed E-state index contributed by atoms with van der Waals surface area (Å²) in [6.07, 6.45) is 1.78. The van der Waals surface area contributed by atoms with Gasteiger partial charge in [-0.05, 0) is 54.3 Å². The Morgan fingerprint density at radius 1 is 1.28 bits per heavy atom. The first-order chi connectivity index (χ1) is 12.1. The van der Waals surface area contributed by atoms with E-state index < -0.39 is 0 Å². The van der Waals surface area contributed by atoms with Crippen molar-refractivity contribution in [2.45, 2.75) is 25.8 Å². The van der Waals surface area contributed by atoms with Crippen LogP contribution < -0.4 is 0 Å². The van der Waals surface area contributed by atoms with E-state index in [9.17, 15) is 5.11 Å². The zero-order valence-corrected chi connectivity index (χ0v) is 15.3. The third-order valence-electron chi connectivity index (χ3n) is 4.47. The number of thioether (sulfide) groups is 1. The van der Waals surface area contributed by atoms with Crippen LogP contribution in [-0.4, -0.2) is 34.0 Å². The fourth-order valence-electron chi connectivity index (χ4n) is 2.90. The topological polar surface area (TPSA) is 59.6 Å². The van der Waals surface area contributed by atoms with Crippen molar-refractivity contribution in [3.05, 3.63) is 59.2 Å². The monoisotopic (exact) mass is 351 g/mol. The molecule has 0 bridgehead atoms. The second kappa shape index (κ2) is 7.62. The minimum absolute atomic E-state index is 0.299. The highest BCUT2D eigenvalue weighted by Crippen LogP contribution is 2.30. The molecule has 1 aliphatic heterocycles. The van der Waals surface area contributed by atoms with E-state index in [1.165, 1.54) is 5.56 Å². The highest BCUT2D eigenvalue weighted by molar-refractivity contribution is 8.14. The number of aromatic hydroxyl groups is 1. The molecular formula is C20H21N3OS. The van der Waals surface area contributed by atoms with Crippen LogP contribution in [0, 0.1) is 11.3 Å². The number of hydrogen-bond donors (Lipinski definition) is 1. The van der Waals surface area contributed by atoms with E-state index in [1.807, 2.05) is 30.3 Å². The molecule has 0 radical (unpaired) electrons. The molecule has 1 heterocycles. The number of aliphatic imine (C=N–C) groups is 1. The zero-order chi connectivity index (χ0) is 17.8. The molecule has 2 aromatic rings. The third-order valence-corrected chi connectivity index (χ3v) is 5.66. The summed E-state index contributed by atoms with van der Waals surface area (Å²) in [5.74, 6) is 1.29. The number of amidine groups is 1. The van der Waals surface area contributed by atoms with Gasteiger partial charge in [-0.15, -0.1) is 0 Å². The number of hydrogen-bond acceptors (Lipinski definition) is 4. The van der Waals surface area contributed by atoms with Gasteiger partial charge in [-0.1, -0.05) is 30.8 Å². The standard InChI is InChI=1S/C20H21N3OS/c1-3-16-10-15(12-21)6-9-19(16)22-20-23(2)17(13-25-20)11-14-4-7-18(24)8-5-14/h4-10,17,24H,3,11,13H2,1-2H3/t17-/m0/s1. The molecule has 25 heavy (non-hydrogen) atoms. The number of nitrogens with zero attached hydrogens (tertiary/aromatic N) is 3. The lowest BCUT2D eigenvalue weighted by Crippen LogP contribution is -2.31. The maximum atomic E-state index is 9.41. The van der Waals surface area contributed by atoms with Crippen molar-refractivity contribution in [2.24, 2.45) is 4.99 Å². The van der Waals surface area contributed by atoms with Gasteiger partial charge in [-0.3, -0.25) is 0 Å². The van der Waals surface area contributed by atoms with E-state index >= 15 is 0 Å². The number of likely N-dealkylation sites (N-methyl/N-ethyl adjacent to an activating group) is 1. The van der Waals surface area contributed by atoms with E-state index in [4.69, 9.17) is 10.3 Å². The van der Waals surface area contributed by atoms with Crippen LogP contribution in [0.5, 0.6) is 5.75 Å². The predicted octanol–water partition coefficient (Wildman–Crippen LogP) is 4.10. The van der Waals surface area contributed by atoms with Gasteiger partial charge >= 0.3 is 0 Å².